The number of hydrogen-bond donors (Lipinski definition) is 3. The van der Waals surface area contributed by atoms with Gasteiger partial charge in [-0.25, -0.2) is 0 Å². The molecule has 0 unspecified atom stereocenters. The van der Waals surface area contributed by atoms with Crippen molar-refractivity contribution < 1.29 is 14.3 Å². The van der Waals surface area contributed by atoms with Crippen LogP contribution in [0.25, 0.3) is 0 Å². The lowest BCUT2D eigenvalue weighted by Gasteiger charge is -2.12. The summed E-state index contributed by atoms with van der Waals surface area (Å²) in [5.74, 6) is 0.457. The van der Waals surface area contributed by atoms with Crippen molar-refractivity contribution in [3.8, 4) is 5.75 Å². The van der Waals surface area contributed by atoms with Gasteiger partial charge in [0.1, 0.15) is 5.75 Å². The summed E-state index contributed by atoms with van der Waals surface area (Å²) in [6.07, 6.45) is 0.970. The van der Waals surface area contributed by atoms with Crippen LogP contribution in [0.1, 0.15) is 37.6 Å². The molecule has 0 aromatic heterocycles. The molecule has 0 radical (unpaired) electrons. The lowest BCUT2D eigenvalue weighted by Crippen LogP contribution is -2.24. The van der Waals surface area contributed by atoms with Gasteiger partial charge in [-0.3, -0.25) is 9.59 Å². The Bertz CT molecular complexity index is 758. The van der Waals surface area contributed by atoms with E-state index in [-0.39, 0.29) is 24.5 Å². The normalized spacial score (nSPS) is 10.4. The molecule has 2 aromatic carbocycles. The van der Waals surface area contributed by atoms with Gasteiger partial charge in [0.2, 0.25) is 5.91 Å². The monoisotopic (exact) mass is 369 g/mol. The Morgan fingerprint density at radius 1 is 1.04 bits per heavy atom. The topological polar surface area (TPSA) is 79.5 Å². The van der Waals surface area contributed by atoms with Gasteiger partial charge in [0.15, 0.2) is 0 Å². The molecule has 0 spiro atoms. The highest BCUT2D eigenvalue weighted by Gasteiger charge is 2.06. The van der Waals surface area contributed by atoms with Crippen LogP contribution >= 0.6 is 0 Å². The van der Waals surface area contributed by atoms with E-state index in [0.29, 0.717) is 23.5 Å². The molecule has 0 atom stereocenters. The van der Waals surface area contributed by atoms with E-state index in [1.54, 1.807) is 30.3 Å². The number of benzene rings is 2. The van der Waals surface area contributed by atoms with Crippen LogP contribution in [-0.4, -0.2) is 31.0 Å². The highest BCUT2D eigenvalue weighted by atomic mass is 16.5. The van der Waals surface area contributed by atoms with Crippen molar-refractivity contribution in [2.75, 3.05) is 23.7 Å². The number of rotatable bonds is 9. The number of amides is 2. The molecule has 0 saturated carbocycles. The molecule has 2 amide bonds. The van der Waals surface area contributed by atoms with Crippen LogP contribution < -0.4 is 20.7 Å². The van der Waals surface area contributed by atoms with Crippen LogP contribution in [0.15, 0.2) is 48.5 Å². The lowest BCUT2D eigenvalue weighted by atomic mass is 10.2. The summed E-state index contributed by atoms with van der Waals surface area (Å²) >= 11 is 0. The molecule has 0 bridgehead atoms. The second-order valence-electron chi connectivity index (χ2n) is 6.43. The fourth-order valence-corrected chi connectivity index (χ4v) is 2.39. The molecule has 144 valence electrons. The molecule has 0 aliphatic heterocycles. The van der Waals surface area contributed by atoms with Gasteiger partial charge >= 0.3 is 0 Å². The van der Waals surface area contributed by atoms with Crippen molar-refractivity contribution in [1.29, 1.82) is 0 Å². The molecular formula is C21H27N3O3. The average Bonchev–Trinajstić information content (AvgIpc) is 2.64. The quantitative estimate of drug-likeness (QED) is 0.630. The summed E-state index contributed by atoms with van der Waals surface area (Å²) in [5, 5.41) is 8.71. The molecule has 2 rings (SSSR count). The highest BCUT2D eigenvalue weighted by molar-refractivity contribution is 5.95. The van der Waals surface area contributed by atoms with Crippen molar-refractivity contribution in [3.05, 3.63) is 54.1 Å². The number of nitrogens with one attached hydrogen (secondary N) is 3. The molecule has 6 heteroatoms. The lowest BCUT2D eigenvalue weighted by molar-refractivity contribution is -0.114. The summed E-state index contributed by atoms with van der Waals surface area (Å²) in [7, 11) is 0. The number of hydrogen-bond acceptors (Lipinski definition) is 4. The smallest absolute Gasteiger partial charge is 0.251 e. The van der Waals surface area contributed by atoms with Gasteiger partial charge in [-0.15, -0.1) is 0 Å². The Balaban J connectivity index is 1.84. The zero-order chi connectivity index (χ0) is 19.6. The van der Waals surface area contributed by atoms with Crippen molar-refractivity contribution in [2.24, 2.45) is 0 Å². The van der Waals surface area contributed by atoms with E-state index in [9.17, 15) is 9.59 Å². The Hall–Kier alpha value is -3.02. The highest BCUT2D eigenvalue weighted by Crippen LogP contribution is 2.18. The minimum Gasteiger partial charge on any atom is -0.491 e. The first-order chi connectivity index (χ1) is 13.0. The third-order valence-corrected chi connectivity index (χ3v) is 3.63. The van der Waals surface area contributed by atoms with Crippen LogP contribution in [0.3, 0.4) is 0 Å². The fourth-order valence-electron chi connectivity index (χ4n) is 2.39. The van der Waals surface area contributed by atoms with Crippen molar-refractivity contribution in [1.82, 2.24) is 5.32 Å². The third kappa shape index (κ3) is 7.01. The van der Waals surface area contributed by atoms with Gasteiger partial charge < -0.3 is 20.7 Å². The molecule has 0 saturated heterocycles. The number of carbonyl (C=O) groups is 2. The second kappa shape index (κ2) is 10.2. The predicted molar refractivity (Wildman–Crippen MR) is 108 cm³/mol. The summed E-state index contributed by atoms with van der Waals surface area (Å²) in [6.45, 7) is 6.69. The maximum Gasteiger partial charge on any atom is 0.251 e. The van der Waals surface area contributed by atoms with Crippen LogP contribution in [0, 0.1) is 0 Å². The maximum absolute atomic E-state index is 12.1. The van der Waals surface area contributed by atoms with E-state index < -0.39 is 0 Å². The largest absolute Gasteiger partial charge is 0.491 e. The first-order valence-corrected chi connectivity index (χ1v) is 9.16. The molecular weight excluding hydrogens is 342 g/mol. The predicted octanol–water partition coefficient (Wildman–Crippen LogP) is 3.66. The number of ether oxygens (including phenoxy) is 1. The molecule has 6 nitrogen and oxygen atoms in total. The third-order valence-electron chi connectivity index (χ3n) is 3.63. The van der Waals surface area contributed by atoms with E-state index in [2.05, 4.69) is 16.0 Å². The first-order valence-electron chi connectivity index (χ1n) is 9.16. The fraction of sp³-hybridized carbons (Fsp3) is 0.333. The summed E-state index contributed by atoms with van der Waals surface area (Å²) in [4.78, 5) is 24.0. The maximum atomic E-state index is 12.1. The van der Waals surface area contributed by atoms with E-state index in [1.807, 2.05) is 39.0 Å². The summed E-state index contributed by atoms with van der Waals surface area (Å²) < 4.78 is 5.62. The van der Waals surface area contributed by atoms with Gasteiger partial charge in [0.25, 0.3) is 5.91 Å². The molecule has 0 aliphatic rings. The van der Waals surface area contributed by atoms with E-state index in [4.69, 9.17) is 4.74 Å². The zero-order valence-electron chi connectivity index (χ0n) is 16.0. The van der Waals surface area contributed by atoms with Crippen LogP contribution in [-0.2, 0) is 4.79 Å². The van der Waals surface area contributed by atoms with Gasteiger partial charge in [0.05, 0.1) is 12.6 Å². The molecule has 0 aliphatic carbocycles. The van der Waals surface area contributed by atoms with Crippen molar-refractivity contribution >= 4 is 23.2 Å². The Morgan fingerprint density at radius 3 is 2.44 bits per heavy atom. The van der Waals surface area contributed by atoms with Gasteiger partial charge in [-0.1, -0.05) is 13.0 Å². The Labute approximate surface area is 160 Å². The number of anilines is 2. The molecule has 2 aromatic rings. The van der Waals surface area contributed by atoms with Crippen LogP contribution in [0.2, 0.25) is 0 Å². The standard InChI is InChI=1S/C21H27N3O3/c1-4-12-22-21(26)16-8-10-17(11-9-16)23-14-20(25)24-18-6-5-7-19(13-18)27-15(2)3/h5-11,13,15,23H,4,12,14H2,1-3H3,(H,22,26)(H,24,25). The van der Waals surface area contributed by atoms with Gasteiger partial charge in [-0.05, 0) is 56.7 Å². The molecule has 0 heterocycles. The zero-order valence-corrected chi connectivity index (χ0v) is 16.0. The van der Waals surface area contributed by atoms with Crippen LogP contribution in [0.5, 0.6) is 5.75 Å². The van der Waals surface area contributed by atoms with Crippen molar-refractivity contribution in [2.45, 2.75) is 33.3 Å². The van der Waals surface area contributed by atoms with E-state index >= 15 is 0 Å². The second-order valence-corrected chi connectivity index (χ2v) is 6.43. The van der Waals surface area contributed by atoms with Gasteiger partial charge in [0, 0.05) is 29.5 Å². The van der Waals surface area contributed by atoms with E-state index in [1.165, 1.54) is 0 Å². The van der Waals surface area contributed by atoms with Gasteiger partial charge in [-0.2, -0.15) is 0 Å². The molecule has 3 N–H and O–H groups in total. The minimum atomic E-state index is -0.165. The van der Waals surface area contributed by atoms with E-state index in [0.717, 1.165) is 12.1 Å². The number of carbonyl (C=O) groups excluding carboxylic acids is 2. The average molecular weight is 369 g/mol. The minimum absolute atomic E-state index is 0.0737. The molecule has 0 fully saturated rings. The summed E-state index contributed by atoms with van der Waals surface area (Å²) in [5.41, 5.74) is 2.05. The van der Waals surface area contributed by atoms with Crippen LogP contribution in [0.4, 0.5) is 11.4 Å². The first kappa shape index (κ1) is 20.3. The Kier molecular flexibility index (Phi) is 7.67. The molecule has 27 heavy (non-hydrogen) atoms. The Morgan fingerprint density at radius 2 is 1.78 bits per heavy atom. The van der Waals surface area contributed by atoms with Crippen molar-refractivity contribution in [3.63, 3.8) is 0 Å². The SMILES string of the molecule is CCCNC(=O)c1ccc(NCC(=O)Nc2cccc(OC(C)C)c2)cc1. The summed E-state index contributed by atoms with van der Waals surface area (Å²) in [6, 6.07) is 14.3.